The van der Waals surface area contributed by atoms with E-state index < -0.39 is 0 Å². The predicted octanol–water partition coefficient (Wildman–Crippen LogP) is 5.55. The van der Waals surface area contributed by atoms with Gasteiger partial charge in [-0.1, -0.05) is 58.0 Å². The summed E-state index contributed by atoms with van der Waals surface area (Å²) in [7, 11) is 3.54. The van der Waals surface area contributed by atoms with E-state index in [1.165, 1.54) is 9.79 Å². The molecule has 0 saturated carbocycles. The van der Waals surface area contributed by atoms with Crippen LogP contribution in [0.15, 0.2) is 88.8 Å². The van der Waals surface area contributed by atoms with Gasteiger partial charge in [-0.05, 0) is 36.4 Å². The molecule has 0 spiro atoms. The molecule has 3 aromatic rings. The highest BCUT2D eigenvalue weighted by Gasteiger charge is 2.01. The second-order valence-electron chi connectivity index (χ2n) is 4.22. The molecule has 3 rings (SSSR count). The summed E-state index contributed by atoms with van der Waals surface area (Å²) < 4.78 is 0. The third kappa shape index (κ3) is 3.44. The normalized spacial score (nSPS) is 10.4. The second kappa shape index (κ2) is 6.64. The first-order chi connectivity index (χ1) is 9.92. The Morgan fingerprint density at radius 3 is 2.20 bits per heavy atom. The van der Waals surface area contributed by atoms with Crippen LogP contribution in [-0.2, 0) is 0 Å². The van der Waals surface area contributed by atoms with Gasteiger partial charge in [0.2, 0.25) is 0 Å². The highest BCUT2D eigenvalue weighted by Crippen LogP contribution is 2.38. The van der Waals surface area contributed by atoms with Crippen molar-refractivity contribution in [1.29, 1.82) is 0 Å². The minimum Gasteiger partial charge on any atom is -0.256 e. The fourth-order valence-electron chi connectivity index (χ4n) is 1.81. The molecule has 0 bridgehead atoms. The maximum absolute atomic E-state index is 4.39. The van der Waals surface area contributed by atoms with Gasteiger partial charge in [-0.2, -0.15) is 0 Å². The zero-order valence-corrected chi connectivity index (χ0v) is 12.4. The van der Waals surface area contributed by atoms with Crippen molar-refractivity contribution in [2.45, 2.75) is 9.79 Å². The topological polar surface area (TPSA) is 12.9 Å². The van der Waals surface area contributed by atoms with Crippen LogP contribution in [-0.4, -0.2) is 4.98 Å². The van der Waals surface area contributed by atoms with Crippen LogP contribution in [0, 0.1) is 0 Å². The summed E-state index contributed by atoms with van der Waals surface area (Å²) in [6.07, 6.45) is 1.83. The molecule has 0 fully saturated rings. The van der Waals surface area contributed by atoms with Crippen LogP contribution in [0.25, 0.3) is 11.3 Å². The Hall–Kier alpha value is -1.71. The van der Waals surface area contributed by atoms with Crippen LogP contribution in [0.1, 0.15) is 0 Å². The molecule has 0 unspecified atom stereocenters. The summed E-state index contributed by atoms with van der Waals surface area (Å²) in [6, 6.07) is 24.9. The number of rotatable bonds is 4. The van der Waals surface area contributed by atoms with Crippen LogP contribution in [0.3, 0.4) is 0 Å². The maximum atomic E-state index is 4.39. The van der Waals surface area contributed by atoms with E-state index in [1.807, 2.05) is 30.5 Å². The number of benzene rings is 2. The number of hydrogen-bond acceptors (Lipinski definition) is 3. The molecule has 0 amide bonds. The molecule has 2 aromatic carbocycles. The van der Waals surface area contributed by atoms with Crippen molar-refractivity contribution in [3.8, 4) is 11.3 Å². The zero-order valence-electron chi connectivity index (χ0n) is 10.8. The van der Waals surface area contributed by atoms with Gasteiger partial charge in [0.15, 0.2) is 0 Å². The maximum Gasteiger partial charge on any atom is 0.0702 e. The SMILES string of the molecule is c1ccc(SSc2cccc(-c3ccccn3)c2)cc1. The summed E-state index contributed by atoms with van der Waals surface area (Å²) in [5, 5.41) is 0. The minimum atomic E-state index is 1.01. The number of aromatic nitrogens is 1. The third-order valence-corrected chi connectivity index (χ3v) is 5.17. The number of nitrogens with zero attached hydrogens (tertiary/aromatic N) is 1. The van der Waals surface area contributed by atoms with Gasteiger partial charge in [0.05, 0.1) is 5.69 Å². The minimum absolute atomic E-state index is 1.01. The lowest BCUT2D eigenvalue weighted by atomic mass is 10.1. The smallest absolute Gasteiger partial charge is 0.0702 e. The van der Waals surface area contributed by atoms with Crippen molar-refractivity contribution in [3.63, 3.8) is 0 Å². The molecule has 20 heavy (non-hydrogen) atoms. The summed E-state index contributed by atoms with van der Waals surface area (Å²) in [4.78, 5) is 6.89. The van der Waals surface area contributed by atoms with E-state index in [-0.39, 0.29) is 0 Å². The van der Waals surface area contributed by atoms with Crippen molar-refractivity contribution in [1.82, 2.24) is 4.98 Å². The third-order valence-electron chi connectivity index (χ3n) is 2.77. The zero-order chi connectivity index (χ0) is 13.6. The van der Waals surface area contributed by atoms with Gasteiger partial charge in [0.25, 0.3) is 0 Å². The Morgan fingerprint density at radius 2 is 1.40 bits per heavy atom. The lowest BCUT2D eigenvalue weighted by Gasteiger charge is -2.04. The summed E-state index contributed by atoms with van der Waals surface area (Å²) in [5.74, 6) is 0. The lowest BCUT2D eigenvalue weighted by molar-refractivity contribution is 1.31. The van der Waals surface area contributed by atoms with Crippen LogP contribution < -0.4 is 0 Å². The van der Waals surface area contributed by atoms with Gasteiger partial charge < -0.3 is 0 Å². The summed E-state index contributed by atoms with van der Waals surface area (Å²) >= 11 is 0. The molecule has 0 aliphatic carbocycles. The quantitative estimate of drug-likeness (QED) is 0.586. The average molecular weight is 295 g/mol. The fraction of sp³-hybridized carbons (Fsp3) is 0. The number of hydrogen-bond donors (Lipinski definition) is 0. The Bertz CT molecular complexity index is 669. The van der Waals surface area contributed by atoms with E-state index in [4.69, 9.17) is 0 Å². The van der Waals surface area contributed by atoms with Gasteiger partial charge in [-0.25, -0.2) is 0 Å². The van der Waals surface area contributed by atoms with Gasteiger partial charge in [0, 0.05) is 21.6 Å². The second-order valence-corrected chi connectivity index (χ2v) is 6.50. The monoisotopic (exact) mass is 295 g/mol. The largest absolute Gasteiger partial charge is 0.256 e. The Morgan fingerprint density at radius 1 is 0.650 bits per heavy atom. The lowest BCUT2D eigenvalue weighted by Crippen LogP contribution is -1.81. The molecule has 1 nitrogen and oxygen atoms in total. The van der Waals surface area contributed by atoms with Crippen molar-refractivity contribution < 1.29 is 0 Å². The Kier molecular flexibility index (Phi) is 4.41. The Balaban J connectivity index is 1.75. The Labute approximate surface area is 126 Å². The molecule has 1 aromatic heterocycles. The van der Waals surface area contributed by atoms with Crippen molar-refractivity contribution in [2.75, 3.05) is 0 Å². The molecule has 0 atom stereocenters. The van der Waals surface area contributed by atoms with Gasteiger partial charge in [-0.3, -0.25) is 4.98 Å². The molecule has 0 aliphatic rings. The van der Waals surface area contributed by atoms with E-state index in [2.05, 4.69) is 53.5 Å². The van der Waals surface area contributed by atoms with Crippen molar-refractivity contribution in [2.24, 2.45) is 0 Å². The van der Waals surface area contributed by atoms with E-state index in [0.717, 1.165) is 11.3 Å². The van der Waals surface area contributed by atoms with E-state index in [1.54, 1.807) is 21.6 Å². The van der Waals surface area contributed by atoms with Crippen molar-refractivity contribution >= 4 is 21.6 Å². The molecule has 0 aliphatic heterocycles. The molecule has 0 saturated heterocycles. The molecule has 0 N–H and O–H groups in total. The first-order valence-corrected chi connectivity index (χ1v) is 8.48. The van der Waals surface area contributed by atoms with Crippen LogP contribution in [0.4, 0.5) is 0 Å². The molecule has 3 heteroatoms. The first-order valence-electron chi connectivity index (χ1n) is 6.33. The van der Waals surface area contributed by atoms with E-state index in [9.17, 15) is 0 Å². The average Bonchev–Trinajstić information content (AvgIpc) is 2.55. The summed E-state index contributed by atoms with van der Waals surface area (Å²) in [6.45, 7) is 0. The molecular weight excluding hydrogens is 282 g/mol. The highest BCUT2D eigenvalue weighted by molar-refractivity contribution is 8.76. The van der Waals surface area contributed by atoms with E-state index in [0.29, 0.717) is 0 Å². The molecular formula is C17H13NS2. The van der Waals surface area contributed by atoms with Gasteiger partial charge in [0.1, 0.15) is 0 Å². The molecule has 98 valence electrons. The van der Waals surface area contributed by atoms with Gasteiger partial charge >= 0.3 is 0 Å². The fourth-order valence-corrected chi connectivity index (χ4v) is 3.80. The van der Waals surface area contributed by atoms with E-state index >= 15 is 0 Å². The standard InChI is InChI=1S/C17H13NS2/c1-2-8-15(9-3-1)19-20-16-10-6-7-14(13-16)17-11-4-5-12-18-17/h1-13H. The first kappa shape index (κ1) is 13.3. The number of pyridine rings is 1. The highest BCUT2D eigenvalue weighted by atomic mass is 33.1. The summed E-state index contributed by atoms with van der Waals surface area (Å²) in [5.41, 5.74) is 2.17. The van der Waals surface area contributed by atoms with Crippen LogP contribution in [0.5, 0.6) is 0 Å². The van der Waals surface area contributed by atoms with Crippen LogP contribution >= 0.6 is 21.6 Å². The molecule has 1 heterocycles. The van der Waals surface area contributed by atoms with Crippen molar-refractivity contribution in [3.05, 3.63) is 79.0 Å². The predicted molar refractivity (Wildman–Crippen MR) is 87.8 cm³/mol. The van der Waals surface area contributed by atoms with Crippen LogP contribution in [0.2, 0.25) is 0 Å². The van der Waals surface area contributed by atoms with Gasteiger partial charge in [-0.15, -0.1) is 0 Å². The molecule has 0 radical (unpaired) electrons.